The Morgan fingerprint density at radius 1 is 0.628 bits per heavy atom. The van der Waals surface area contributed by atoms with E-state index in [1.165, 1.54) is 9.03 Å². The second kappa shape index (κ2) is 9.73. The molecule has 0 amide bonds. The summed E-state index contributed by atoms with van der Waals surface area (Å²) in [6, 6.07) is 18.7. The van der Waals surface area contributed by atoms with E-state index in [0.29, 0.717) is 64.0 Å². The third-order valence-electron chi connectivity index (χ3n) is 6.86. The quantitative estimate of drug-likeness (QED) is 0.233. The first kappa shape index (κ1) is 24.6. The number of aromatic nitrogens is 8. The van der Waals surface area contributed by atoms with E-state index in [1.54, 1.807) is 51.0 Å². The normalized spacial score (nSPS) is 11.6. The third-order valence-corrected chi connectivity index (χ3v) is 6.86. The maximum Gasteiger partial charge on any atom is 0.346 e. The van der Waals surface area contributed by atoms with Crippen LogP contribution < -0.4 is 9.47 Å². The van der Waals surface area contributed by atoms with Crippen molar-refractivity contribution in [3.63, 3.8) is 0 Å². The minimum atomic E-state index is 0.233. The smallest absolute Gasteiger partial charge is 0.346 e. The fourth-order valence-electron chi connectivity index (χ4n) is 4.87. The molecule has 0 unspecified atom stereocenters. The van der Waals surface area contributed by atoms with Crippen LogP contribution in [0, 0.1) is 0 Å². The topological polar surface area (TPSA) is 157 Å². The lowest BCUT2D eigenvalue weighted by atomic mass is 10.00. The maximum atomic E-state index is 5.94. The van der Waals surface area contributed by atoms with Gasteiger partial charge in [0, 0.05) is 0 Å². The highest BCUT2D eigenvalue weighted by Gasteiger charge is 2.22. The zero-order chi connectivity index (χ0) is 28.9. The van der Waals surface area contributed by atoms with Gasteiger partial charge in [0.2, 0.25) is 11.6 Å². The van der Waals surface area contributed by atoms with Crippen LogP contribution >= 0.6 is 0 Å². The predicted molar refractivity (Wildman–Crippen MR) is 148 cm³/mol. The Morgan fingerprint density at radius 2 is 1.12 bits per heavy atom. The minimum Gasteiger partial charge on any atom is -0.496 e. The number of ether oxygens (including phenoxy) is 2. The number of fused-ring (bicyclic) bond motifs is 2. The van der Waals surface area contributed by atoms with Crippen LogP contribution in [0.1, 0.15) is 11.1 Å². The molecule has 0 saturated carbocycles. The number of benzene rings is 2. The van der Waals surface area contributed by atoms with Crippen LogP contribution in [0.4, 0.5) is 0 Å². The summed E-state index contributed by atoms with van der Waals surface area (Å²) in [7, 11) is 3.19. The standard InChI is InChI=1S/C29H20N8O6/c1-38-20-9-7-16(14-18(20)26-34-36-24(22-5-3-11-40-22)30-32-28(36)42-26)13-17-8-10-21(39-2)19(15-17)27-35-37-25(23-6-4-12-41-23)31-33-29(37)43-27/h3-12,14-15H,13H2,1-2H3. The van der Waals surface area contributed by atoms with Gasteiger partial charge in [-0.1, -0.05) is 22.3 Å². The Balaban J connectivity index is 1.14. The van der Waals surface area contributed by atoms with Crippen molar-refractivity contribution in [1.29, 1.82) is 0 Å². The zero-order valence-corrected chi connectivity index (χ0v) is 22.7. The van der Waals surface area contributed by atoms with E-state index >= 15 is 0 Å². The van der Waals surface area contributed by atoms with Crippen LogP contribution in [0.2, 0.25) is 0 Å². The van der Waals surface area contributed by atoms with Crippen molar-refractivity contribution in [2.45, 2.75) is 6.42 Å². The molecule has 0 fully saturated rings. The number of furan rings is 2. The van der Waals surface area contributed by atoms with E-state index in [2.05, 4.69) is 30.6 Å². The highest BCUT2D eigenvalue weighted by Crippen LogP contribution is 2.35. The van der Waals surface area contributed by atoms with Gasteiger partial charge in [-0.2, -0.15) is 9.03 Å². The lowest BCUT2D eigenvalue weighted by molar-refractivity contribution is 0.414. The Bertz CT molecular complexity index is 2050. The van der Waals surface area contributed by atoms with Crippen LogP contribution in [-0.4, -0.2) is 53.8 Å². The summed E-state index contributed by atoms with van der Waals surface area (Å²) in [6.07, 6.45) is 3.69. The summed E-state index contributed by atoms with van der Waals surface area (Å²) in [4.78, 5) is 0. The first-order valence-corrected chi connectivity index (χ1v) is 13.1. The second-order valence-corrected chi connectivity index (χ2v) is 9.45. The van der Waals surface area contributed by atoms with Gasteiger partial charge in [0.1, 0.15) is 11.5 Å². The molecule has 0 bridgehead atoms. The van der Waals surface area contributed by atoms with Crippen molar-refractivity contribution in [1.82, 2.24) is 39.6 Å². The largest absolute Gasteiger partial charge is 0.496 e. The lowest BCUT2D eigenvalue weighted by Crippen LogP contribution is -1.96. The molecule has 0 saturated heterocycles. The molecule has 43 heavy (non-hydrogen) atoms. The molecule has 0 aliphatic carbocycles. The maximum absolute atomic E-state index is 5.94. The first-order chi connectivity index (χ1) is 21.2. The third kappa shape index (κ3) is 4.11. The van der Waals surface area contributed by atoms with Crippen molar-refractivity contribution >= 4 is 11.7 Å². The van der Waals surface area contributed by atoms with Gasteiger partial charge >= 0.3 is 11.7 Å². The Hall–Kier alpha value is -6.18. The van der Waals surface area contributed by atoms with E-state index in [-0.39, 0.29) is 11.7 Å². The number of methoxy groups -OCH3 is 2. The van der Waals surface area contributed by atoms with Crippen molar-refractivity contribution < 1.29 is 27.1 Å². The SMILES string of the molecule is COc1ccc(Cc2ccc(OC)c(-c3nn4c(-c5ccco5)nnc4o3)c2)cc1-c1nn2c(-c3ccco3)nnc2o1. The summed E-state index contributed by atoms with van der Waals surface area (Å²) >= 11 is 0. The van der Waals surface area contributed by atoms with Crippen LogP contribution in [0.3, 0.4) is 0 Å². The molecular weight excluding hydrogens is 556 g/mol. The van der Waals surface area contributed by atoms with E-state index in [0.717, 1.165) is 11.1 Å². The molecule has 0 aliphatic rings. The zero-order valence-electron chi connectivity index (χ0n) is 22.7. The molecule has 212 valence electrons. The molecule has 0 aliphatic heterocycles. The average molecular weight is 577 g/mol. The number of hydrogen-bond donors (Lipinski definition) is 0. The van der Waals surface area contributed by atoms with E-state index in [4.69, 9.17) is 27.1 Å². The van der Waals surface area contributed by atoms with Crippen molar-refractivity contribution in [3.8, 4) is 57.6 Å². The average Bonchev–Trinajstić information content (AvgIpc) is 3.85. The van der Waals surface area contributed by atoms with E-state index in [9.17, 15) is 0 Å². The summed E-state index contributed by atoms with van der Waals surface area (Å²) in [5, 5.41) is 25.6. The lowest BCUT2D eigenvalue weighted by Gasteiger charge is -2.10. The van der Waals surface area contributed by atoms with Crippen molar-refractivity contribution in [2.75, 3.05) is 14.2 Å². The fourth-order valence-corrected chi connectivity index (χ4v) is 4.87. The highest BCUT2D eigenvalue weighted by molar-refractivity contribution is 5.67. The molecule has 0 atom stereocenters. The van der Waals surface area contributed by atoms with Gasteiger partial charge in [-0.15, -0.1) is 20.4 Å². The van der Waals surface area contributed by atoms with Crippen LogP contribution in [0.15, 0.2) is 90.9 Å². The highest BCUT2D eigenvalue weighted by atomic mass is 16.5. The van der Waals surface area contributed by atoms with Gasteiger partial charge < -0.3 is 27.1 Å². The molecule has 0 spiro atoms. The van der Waals surface area contributed by atoms with Gasteiger partial charge in [-0.05, 0) is 66.1 Å². The second-order valence-electron chi connectivity index (χ2n) is 9.45. The number of hydrogen-bond acceptors (Lipinski definition) is 12. The Labute approximate surface area is 241 Å². The van der Waals surface area contributed by atoms with Crippen molar-refractivity contribution in [2.24, 2.45) is 0 Å². The van der Waals surface area contributed by atoms with Gasteiger partial charge in [-0.25, -0.2) is 0 Å². The number of rotatable bonds is 8. The molecule has 0 N–H and O–H groups in total. The molecule has 6 heterocycles. The summed E-state index contributed by atoms with van der Waals surface area (Å²) < 4.78 is 37.1. The Kier molecular flexibility index (Phi) is 5.57. The monoisotopic (exact) mass is 576 g/mol. The van der Waals surface area contributed by atoms with Gasteiger partial charge in [0.15, 0.2) is 11.5 Å². The van der Waals surface area contributed by atoms with E-state index < -0.39 is 0 Å². The fraction of sp³-hybridized carbons (Fsp3) is 0.103. The van der Waals surface area contributed by atoms with E-state index in [1.807, 2.05) is 36.4 Å². The van der Waals surface area contributed by atoms with Crippen molar-refractivity contribution in [3.05, 3.63) is 84.3 Å². The number of nitrogens with zero attached hydrogens (tertiary/aromatic N) is 8. The first-order valence-electron chi connectivity index (χ1n) is 13.1. The van der Waals surface area contributed by atoms with Crippen LogP contribution in [-0.2, 0) is 6.42 Å². The molecular formula is C29H20N8O6. The van der Waals surface area contributed by atoms with Gasteiger partial charge in [0.05, 0.1) is 37.9 Å². The Morgan fingerprint density at radius 3 is 1.53 bits per heavy atom. The molecule has 2 aromatic carbocycles. The van der Waals surface area contributed by atoms with Gasteiger partial charge in [-0.3, -0.25) is 0 Å². The summed E-state index contributed by atoms with van der Waals surface area (Å²) in [5.41, 5.74) is 3.30. The molecule has 0 radical (unpaired) electrons. The van der Waals surface area contributed by atoms with Crippen LogP contribution in [0.25, 0.3) is 57.8 Å². The molecule has 8 aromatic rings. The van der Waals surface area contributed by atoms with Gasteiger partial charge in [0.25, 0.3) is 11.8 Å². The molecule has 14 heteroatoms. The molecule has 8 rings (SSSR count). The van der Waals surface area contributed by atoms with Crippen LogP contribution in [0.5, 0.6) is 11.5 Å². The predicted octanol–water partition coefficient (Wildman–Crippen LogP) is 5.21. The molecule has 14 nitrogen and oxygen atoms in total. The summed E-state index contributed by atoms with van der Waals surface area (Å²) in [5.74, 6) is 4.23. The molecule has 6 aromatic heterocycles. The minimum absolute atomic E-state index is 0.233. The summed E-state index contributed by atoms with van der Waals surface area (Å²) in [6.45, 7) is 0.